The van der Waals surface area contributed by atoms with Crippen molar-refractivity contribution in [3.63, 3.8) is 0 Å². The van der Waals surface area contributed by atoms with E-state index in [9.17, 15) is 0 Å². The number of aromatic nitrogens is 1. The fraction of sp³-hybridized carbons (Fsp3) is 0.769. The fourth-order valence-corrected chi connectivity index (χ4v) is 3.73. The Balaban J connectivity index is 1.99. The molecule has 1 aromatic rings. The summed E-state index contributed by atoms with van der Waals surface area (Å²) in [5.41, 5.74) is 0. The number of thiazole rings is 1. The summed E-state index contributed by atoms with van der Waals surface area (Å²) >= 11 is 1.90. The average molecular weight is 238 g/mol. The highest BCUT2D eigenvalue weighted by molar-refractivity contribution is 7.11. The zero-order valence-electron chi connectivity index (χ0n) is 10.3. The number of hydrogen-bond acceptors (Lipinski definition) is 3. The molecule has 2 nitrogen and oxygen atoms in total. The van der Waals surface area contributed by atoms with Crippen LogP contribution in [0.15, 0.2) is 6.20 Å². The molecule has 0 aromatic carbocycles. The summed E-state index contributed by atoms with van der Waals surface area (Å²) in [4.78, 5) is 5.98. The predicted octanol–water partition coefficient (Wildman–Crippen LogP) is 3.55. The first-order valence-electron chi connectivity index (χ1n) is 6.42. The van der Waals surface area contributed by atoms with Gasteiger partial charge in [-0.25, -0.2) is 4.98 Å². The quantitative estimate of drug-likeness (QED) is 0.867. The summed E-state index contributed by atoms with van der Waals surface area (Å²) in [7, 11) is 1.99. The Morgan fingerprint density at radius 3 is 3.12 bits per heavy atom. The molecule has 2 unspecified atom stereocenters. The summed E-state index contributed by atoms with van der Waals surface area (Å²) in [6.45, 7) is 3.28. The lowest BCUT2D eigenvalue weighted by Gasteiger charge is -2.26. The van der Waals surface area contributed by atoms with Crippen molar-refractivity contribution < 1.29 is 0 Å². The van der Waals surface area contributed by atoms with Gasteiger partial charge in [0.05, 0.1) is 5.01 Å². The van der Waals surface area contributed by atoms with Crippen LogP contribution in [-0.4, -0.2) is 12.0 Å². The van der Waals surface area contributed by atoms with Crippen LogP contribution in [0.1, 0.15) is 54.8 Å². The van der Waals surface area contributed by atoms with Crippen molar-refractivity contribution in [3.05, 3.63) is 16.1 Å². The topological polar surface area (TPSA) is 24.9 Å². The third-order valence-electron chi connectivity index (χ3n) is 3.63. The minimum Gasteiger partial charge on any atom is -0.315 e. The van der Waals surface area contributed by atoms with Crippen molar-refractivity contribution in [2.75, 3.05) is 7.05 Å². The van der Waals surface area contributed by atoms with E-state index >= 15 is 0 Å². The highest BCUT2D eigenvalue weighted by Gasteiger charge is 2.24. The van der Waals surface area contributed by atoms with Gasteiger partial charge in [0.25, 0.3) is 0 Å². The summed E-state index contributed by atoms with van der Waals surface area (Å²) in [6, 6.07) is 0. The van der Waals surface area contributed by atoms with Gasteiger partial charge in [0.15, 0.2) is 0 Å². The molecule has 16 heavy (non-hydrogen) atoms. The molecule has 2 rings (SSSR count). The van der Waals surface area contributed by atoms with Crippen LogP contribution in [0.25, 0.3) is 0 Å². The maximum Gasteiger partial charge on any atom is 0.0959 e. The molecule has 3 heteroatoms. The SMILES string of the molecule is CCC1CCCC(c2ncc(CNC)s2)C1. The van der Waals surface area contributed by atoms with Crippen LogP contribution in [0, 0.1) is 5.92 Å². The van der Waals surface area contributed by atoms with Gasteiger partial charge in [-0.2, -0.15) is 0 Å². The molecule has 0 amide bonds. The highest BCUT2D eigenvalue weighted by Crippen LogP contribution is 2.38. The van der Waals surface area contributed by atoms with Crippen LogP contribution in [0.5, 0.6) is 0 Å². The molecular weight excluding hydrogens is 216 g/mol. The second-order valence-electron chi connectivity index (χ2n) is 4.83. The maximum atomic E-state index is 4.61. The van der Waals surface area contributed by atoms with Crippen LogP contribution in [0.4, 0.5) is 0 Å². The van der Waals surface area contributed by atoms with Crippen LogP contribution in [0.3, 0.4) is 0 Å². The Labute approximate surface area is 102 Å². The Morgan fingerprint density at radius 2 is 2.38 bits per heavy atom. The second-order valence-corrected chi connectivity index (χ2v) is 5.98. The van der Waals surface area contributed by atoms with Gasteiger partial charge in [-0.1, -0.05) is 26.2 Å². The molecule has 1 heterocycles. The third-order valence-corrected chi connectivity index (χ3v) is 4.79. The number of nitrogens with zero attached hydrogens (tertiary/aromatic N) is 1. The van der Waals surface area contributed by atoms with Gasteiger partial charge in [0.2, 0.25) is 0 Å². The van der Waals surface area contributed by atoms with E-state index < -0.39 is 0 Å². The largest absolute Gasteiger partial charge is 0.315 e. The van der Waals surface area contributed by atoms with Crippen molar-refractivity contribution in [1.29, 1.82) is 0 Å². The second kappa shape index (κ2) is 5.78. The molecule has 0 aliphatic heterocycles. The smallest absolute Gasteiger partial charge is 0.0959 e. The van der Waals surface area contributed by atoms with E-state index in [-0.39, 0.29) is 0 Å². The minimum absolute atomic E-state index is 0.745. The Hall–Kier alpha value is -0.410. The Kier molecular flexibility index (Phi) is 4.36. The number of nitrogens with one attached hydrogen (secondary N) is 1. The van der Waals surface area contributed by atoms with E-state index in [1.54, 1.807) is 0 Å². The summed E-state index contributed by atoms with van der Waals surface area (Å²) in [6.07, 6.45) is 8.93. The molecule has 1 aliphatic carbocycles. The van der Waals surface area contributed by atoms with Gasteiger partial charge < -0.3 is 5.32 Å². The number of rotatable bonds is 4. The van der Waals surface area contributed by atoms with Crippen LogP contribution in [0.2, 0.25) is 0 Å². The first-order chi connectivity index (χ1) is 7.83. The van der Waals surface area contributed by atoms with E-state index in [2.05, 4.69) is 17.2 Å². The Morgan fingerprint density at radius 1 is 1.50 bits per heavy atom. The zero-order chi connectivity index (χ0) is 11.4. The lowest BCUT2D eigenvalue weighted by molar-refractivity contribution is 0.314. The molecule has 1 fully saturated rings. The van der Waals surface area contributed by atoms with Gasteiger partial charge >= 0.3 is 0 Å². The van der Waals surface area contributed by atoms with E-state index in [0.717, 1.165) is 18.4 Å². The molecule has 0 bridgehead atoms. The van der Waals surface area contributed by atoms with Gasteiger partial charge in [-0.15, -0.1) is 11.3 Å². The van der Waals surface area contributed by atoms with E-state index in [4.69, 9.17) is 0 Å². The molecule has 90 valence electrons. The lowest BCUT2D eigenvalue weighted by Crippen LogP contribution is -2.13. The van der Waals surface area contributed by atoms with Gasteiger partial charge in [0, 0.05) is 23.5 Å². The molecule has 1 N–H and O–H groups in total. The third kappa shape index (κ3) is 2.83. The summed E-state index contributed by atoms with van der Waals surface area (Å²) in [5, 5.41) is 4.57. The maximum absolute atomic E-state index is 4.61. The van der Waals surface area contributed by atoms with E-state index in [0.29, 0.717) is 0 Å². The lowest BCUT2D eigenvalue weighted by atomic mass is 9.80. The van der Waals surface area contributed by atoms with E-state index in [1.807, 2.05) is 24.6 Å². The molecule has 0 spiro atoms. The van der Waals surface area contributed by atoms with Gasteiger partial charge in [-0.3, -0.25) is 0 Å². The van der Waals surface area contributed by atoms with Crippen molar-refractivity contribution in [2.24, 2.45) is 5.92 Å². The zero-order valence-corrected chi connectivity index (χ0v) is 11.1. The van der Waals surface area contributed by atoms with E-state index in [1.165, 1.54) is 42.0 Å². The summed E-state index contributed by atoms with van der Waals surface area (Å²) in [5.74, 6) is 1.68. The first-order valence-corrected chi connectivity index (χ1v) is 7.24. The molecule has 0 radical (unpaired) electrons. The molecule has 0 saturated heterocycles. The first kappa shape index (κ1) is 12.1. The normalized spacial score (nSPS) is 25.9. The predicted molar refractivity (Wildman–Crippen MR) is 69.9 cm³/mol. The van der Waals surface area contributed by atoms with Crippen molar-refractivity contribution in [3.8, 4) is 0 Å². The molecule has 1 aliphatic rings. The standard InChI is InChI=1S/C13H22N2S/c1-3-10-5-4-6-11(7-10)13-15-9-12(16-13)8-14-2/h9-11,14H,3-8H2,1-2H3. The van der Waals surface area contributed by atoms with Crippen molar-refractivity contribution in [1.82, 2.24) is 10.3 Å². The minimum atomic E-state index is 0.745. The molecule has 1 saturated carbocycles. The number of hydrogen-bond donors (Lipinski definition) is 1. The Bertz CT molecular complexity index is 321. The molecular formula is C13H22N2S. The monoisotopic (exact) mass is 238 g/mol. The van der Waals surface area contributed by atoms with Crippen LogP contribution < -0.4 is 5.32 Å². The van der Waals surface area contributed by atoms with Crippen LogP contribution >= 0.6 is 11.3 Å². The van der Waals surface area contributed by atoms with Gasteiger partial charge in [-0.05, 0) is 25.8 Å². The highest BCUT2D eigenvalue weighted by atomic mass is 32.1. The van der Waals surface area contributed by atoms with Crippen molar-refractivity contribution >= 4 is 11.3 Å². The summed E-state index contributed by atoms with van der Waals surface area (Å²) < 4.78 is 0. The van der Waals surface area contributed by atoms with Gasteiger partial charge in [0.1, 0.15) is 0 Å². The molecule has 2 atom stereocenters. The average Bonchev–Trinajstić information content (AvgIpc) is 2.78. The van der Waals surface area contributed by atoms with Crippen molar-refractivity contribution in [2.45, 2.75) is 51.5 Å². The van der Waals surface area contributed by atoms with Crippen LogP contribution in [-0.2, 0) is 6.54 Å². The molecule has 1 aromatic heterocycles. The fourth-order valence-electron chi connectivity index (χ4n) is 2.65.